The third kappa shape index (κ3) is 3.62. The highest BCUT2D eigenvalue weighted by Crippen LogP contribution is 2.19. The van der Waals surface area contributed by atoms with Crippen molar-refractivity contribution in [2.45, 2.75) is 11.8 Å². The van der Waals surface area contributed by atoms with Gasteiger partial charge < -0.3 is 5.21 Å². The van der Waals surface area contributed by atoms with Gasteiger partial charge in [0.25, 0.3) is 0 Å². The molecule has 21 heavy (non-hydrogen) atoms. The third-order valence-corrected chi connectivity index (χ3v) is 4.99. The molecule has 0 aromatic heterocycles. The summed E-state index contributed by atoms with van der Waals surface area (Å²) in [5, 5.41) is 12.6. The smallest absolute Gasteiger partial charge is 0.184 e. The lowest BCUT2D eigenvalue weighted by Gasteiger charge is -2.08. The lowest BCUT2D eigenvalue weighted by molar-refractivity contribution is 0.319. The third-order valence-electron chi connectivity index (χ3n) is 3.01. The van der Waals surface area contributed by atoms with Gasteiger partial charge in [0.1, 0.15) is 11.5 Å². The first-order valence-electron chi connectivity index (χ1n) is 6.19. The van der Waals surface area contributed by atoms with Crippen LogP contribution < -0.4 is 0 Å². The van der Waals surface area contributed by atoms with Crippen LogP contribution in [0.2, 0.25) is 5.02 Å². The van der Waals surface area contributed by atoms with Crippen molar-refractivity contribution in [3.63, 3.8) is 0 Å². The van der Waals surface area contributed by atoms with Gasteiger partial charge in [-0.25, -0.2) is 8.42 Å². The summed E-state index contributed by atoms with van der Waals surface area (Å²) in [5.41, 5.74) is 1.38. The molecule has 0 spiro atoms. The van der Waals surface area contributed by atoms with E-state index in [2.05, 4.69) is 5.16 Å². The van der Waals surface area contributed by atoms with Gasteiger partial charge in [0.05, 0.1) is 4.90 Å². The zero-order chi connectivity index (χ0) is 15.5. The molecule has 0 heterocycles. The van der Waals surface area contributed by atoms with Crippen molar-refractivity contribution < 1.29 is 13.6 Å². The van der Waals surface area contributed by atoms with Gasteiger partial charge >= 0.3 is 0 Å². The summed E-state index contributed by atoms with van der Waals surface area (Å²) < 4.78 is 24.7. The number of oxime groups is 1. The van der Waals surface area contributed by atoms with Crippen LogP contribution in [0.15, 0.2) is 58.6 Å². The molecule has 0 aliphatic rings. The average molecular weight is 324 g/mol. The molecular formula is C15H14ClNO3S. The molecule has 0 fully saturated rings. The van der Waals surface area contributed by atoms with E-state index in [1.165, 1.54) is 12.1 Å². The van der Waals surface area contributed by atoms with Crippen molar-refractivity contribution in [1.29, 1.82) is 0 Å². The fourth-order valence-corrected chi connectivity index (χ4v) is 3.40. The Kier molecular flexibility index (Phi) is 4.65. The molecule has 2 rings (SSSR count). The van der Waals surface area contributed by atoms with E-state index >= 15 is 0 Å². The molecule has 0 bridgehead atoms. The van der Waals surface area contributed by atoms with E-state index in [4.69, 9.17) is 16.8 Å². The van der Waals surface area contributed by atoms with E-state index in [0.717, 1.165) is 5.56 Å². The molecule has 110 valence electrons. The number of sulfone groups is 1. The summed E-state index contributed by atoms with van der Waals surface area (Å²) >= 11 is 6.01. The number of nitrogens with zero attached hydrogens (tertiary/aromatic N) is 1. The van der Waals surface area contributed by atoms with Crippen LogP contribution in [0.3, 0.4) is 0 Å². The highest BCUT2D eigenvalue weighted by Gasteiger charge is 2.20. The number of halogens is 1. The molecule has 0 saturated heterocycles. The SMILES string of the molecule is Cc1ccc(S(=O)(=O)C/C(=N\O)c2ccccc2Cl)cc1. The lowest BCUT2D eigenvalue weighted by atomic mass is 10.1. The minimum absolute atomic E-state index is 0.0150. The first-order chi connectivity index (χ1) is 9.94. The second kappa shape index (κ2) is 6.28. The van der Waals surface area contributed by atoms with E-state index in [0.29, 0.717) is 10.6 Å². The van der Waals surface area contributed by atoms with Crippen molar-refractivity contribution in [2.24, 2.45) is 5.16 Å². The molecule has 0 aliphatic carbocycles. The fourth-order valence-electron chi connectivity index (χ4n) is 1.86. The summed E-state index contributed by atoms with van der Waals surface area (Å²) in [7, 11) is -3.60. The van der Waals surface area contributed by atoms with E-state index in [1.54, 1.807) is 36.4 Å². The topological polar surface area (TPSA) is 66.7 Å². The van der Waals surface area contributed by atoms with Gasteiger partial charge in [0.15, 0.2) is 9.84 Å². The van der Waals surface area contributed by atoms with Gasteiger partial charge in [-0.3, -0.25) is 0 Å². The monoisotopic (exact) mass is 323 g/mol. The van der Waals surface area contributed by atoms with Crippen molar-refractivity contribution in [2.75, 3.05) is 5.75 Å². The zero-order valence-corrected chi connectivity index (χ0v) is 12.9. The highest BCUT2D eigenvalue weighted by atomic mass is 35.5. The van der Waals surface area contributed by atoms with Gasteiger partial charge in [0.2, 0.25) is 0 Å². The molecule has 0 unspecified atom stereocenters. The lowest BCUT2D eigenvalue weighted by Crippen LogP contribution is -2.18. The Morgan fingerprint density at radius 2 is 1.76 bits per heavy atom. The quantitative estimate of drug-likeness (QED) is 0.533. The second-order valence-electron chi connectivity index (χ2n) is 4.60. The Balaban J connectivity index is 2.35. The van der Waals surface area contributed by atoms with Gasteiger partial charge in [-0.2, -0.15) is 0 Å². The molecule has 0 amide bonds. The predicted molar refractivity (Wildman–Crippen MR) is 83.0 cm³/mol. The van der Waals surface area contributed by atoms with Crippen LogP contribution in [0.1, 0.15) is 11.1 Å². The Morgan fingerprint density at radius 3 is 2.33 bits per heavy atom. The zero-order valence-electron chi connectivity index (χ0n) is 11.3. The van der Waals surface area contributed by atoms with Crippen molar-refractivity contribution in [3.8, 4) is 0 Å². The Morgan fingerprint density at radius 1 is 1.14 bits per heavy atom. The molecule has 0 aliphatic heterocycles. The summed E-state index contributed by atoms with van der Waals surface area (Å²) in [5.74, 6) is -0.420. The maximum atomic E-state index is 12.4. The Labute approximate surface area is 128 Å². The molecule has 0 saturated carbocycles. The van der Waals surface area contributed by atoms with Crippen LogP contribution in [0.25, 0.3) is 0 Å². The molecule has 0 radical (unpaired) electrons. The number of aryl methyl sites for hydroxylation is 1. The number of rotatable bonds is 4. The molecule has 6 heteroatoms. The fraction of sp³-hybridized carbons (Fsp3) is 0.133. The molecule has 2 aromatic carbocycles. The standard InChI is InChI=1S/C15H14ClNO3S/c1-11-6-8-12(9-7-11)21(19,20)10-15(17-18)13-4-2-3-5-14(13)16/h2-9,18H,10H2,1H3/b17-15+. The first kappa shape index (κ1) is 15.5. The number of hydrogen-bond donors (Lipinski definition) is 1. The second-order valence-corrected chi connectivity index (χ2v) is 7.00. The van der Waals surface area contributed by atoms with E-state index < -0.39 is 15.6 Å². The van der Waals surface area contributed by atoms with Crippen molar-refractivity contribution in [3.05, 3.63) is 64.7 Å². The van der Waals surface area contributed by atoms with Crippen LogP contribution in [0.5, 0.6) is 0 Å². The predicted octanol–water partition coefficient (Wildman–Crippen LogP) is 3.30. The summed E-state index contributed by atoms with van der Waals surface area (Å²) in [6.07, 6.45) is 0. The molecule has 2 aromatic rings. The average Bonchev–Trinajstić information content (AvgIpc) is 2.46. The van der Waals surface area contributed by atoms with Crippen LogP contribution in [-0.4, -0.2) is 25.1 Å². The Bertz CT molecular complexity index is 768. The maximum Gasteiger partial charge on any atom is 0.184 e. The molecule has 1 N–H and O–H groups in total. The van der Waals surface area contributed by atoms with Gasteiger partial charge in [-0.15, -0.1) is 0 Å². The van der Waals surface area contributed by atoms with Crippen LogP contribution in [0, 0.1) is 6.92 Å². The van der Waals surface area contributed by atoms with Crippen LogP contribution in [0.4, 0.5) is 0 Å². The van der Waals surface area contributed by atoms with Gasteiger partial charge in [-0.1, -0.05) is 52.7 Å². The summed E-state index contributed by atoms with van der Waals surface area (Å²) in [4.78, 5) is 0.182. The van der Waals surface area contributed by atoms with Crippen molar-refractivity contribution >= 4 is 27.1 Å². The van der Waals surface area contributed by atoms with Gasteiger partial charge in [0, 0.05) is 10.6 Å². The molecule has 4 nitrogen and oxygen atoms in total. The van der Waals surface area contributed by atoms with Crippen LogP contribution >= 0.6 is 11.6 Å². The van der Waals surface area contributed by atoms with E-state index in [-0.39, 0.29) is 10.6 Å². The molecule has 0 atom stereocenters. The minimum Gasteiger partial charge on any atom is -0.411 e. The van der Waals surface area contributed by atoms with Crippen molar-refractivity contribution in [1.82, 2.24) is 0 Å². The highest BCUT2D eigenvalue weighted by molar-refractivity contribution is 7.92. The first-order valence-corrected chi connectivity index (χ1v) is 8.22. The van der Waals surface area contributed by atoms with E-state index in [1.807, 2.05) is 6.92 Å². The number of benzene rings is 2. The van der Waals surface area contributed by atoms with E-state index in [9.17, 15) is 8.42 Å². The molecular weight excluding hydrogens is 310 g/mol. The maximum absolute atomic E-state index is 12.4. The van der Waals surface area contributed by atoms with Gasteiger partial charge in [-0.05, 0) is 25.1 Å². The van der Waals surface area contributed by atoms with Crippen LogP contribution in [-0.2, 0) is 9.84 Å². The number of hydrogen-bond acceptors (Lipinski definition) is 4. The summed E-state index contributed by atoms with van der Waals surface area (Å²) in [6, 6.07) is 13.2. The summed E-state index contributed by atoms with van der Waals surface area (Å²) in [6.45, 7) is 1.88. The Hall–Kier alpha value is -1.85. The largest absolute Gasteiger partial charge is 0.411 e. The normalized spacial score (nSPS) is 12.4. The minimum atomic E-state index is -3.60.